The quantitative estimate of drug-likeness (QED) is 0.841. The number of carbonyl (C=O) groups excluding carboxylic acids is 1. The van der Waals surface area contributed by atoms with E-state index in [4.69, 9.17) is 9.47 Å². The van der Waals surface area contributed by atoms with Crippen LogP contribution in [-0.4, -0.2) is 36.7 Å². The molecule has 126 valence electrons. The number of fused-ring (bicyclic) bond motifs is 1. The molecule has 1 aliphatic rings. The summed E-state index contributed by atoms with van der Waals surface area (Å²) >= 11 is 0. The minimum absolute atomic E-state index is 0.0820. The summed E-state index contributed by atoms with van der Waals surface area (Å²) in [6, 6.07) is 5.15. The van der Waals surface area contributed by atoms with Crippen molar-refractivity contribution in [3.8, 4) is 11.5 Å². The van der Waals surface area contributed by atoms with E-state index in [-0.39, 0.29) is 12.5 Å². The molecule has 2 N–H and O–H groups in total. The van der Waals surface area contributed by atoms with Gasteiger partial charge in [0.15, 0.2) is 11.5 Å². The number of hydrogen-bond donors (Lipinski definition) is 2. The number of aliphatic carboxylic acids is 1. The number of carboxylic acids is 1. The van der Waals surface area contributed by atoms with E-state index < -0.39 is 11.4 Å². The summed E-state index contributed by atoms with van der Waals surface area (Å²) in [6.07, 6.45) is 1.65. The average Bonchev–Trinajstić information content (AvgIpc) is 2.80. The van der Waals surface area contributed by atoms with Crippen LogP contribution in [0.25, 0.3) is 0 Å². The molecule has 6 nitrogen and oxygen atoms in total. The van der Waals surface area contributed by atoms with Crippen molar-refractivity contribution in [3.05, 3.63) is 23.8 Å². The predicted molar refractivity (Wildman–Crippen MR) is 85.0 cm³/mol. The highest BCUT2D eigenvalue weighted by Gasteiger charge is 2.35. The van der Waals surface area contributed by atoms with E-state index in [1.165, 1.54) is 0 Å². The van der Waals surface area contributed by atoms with Crippen LogP contribution in [-0.2, 0) is 4.79 Å². The summed E-state index contributed by atoms with van der Waals surface area (Å²) in [5.74, 6) is -0.267. The molecule has 2 rings (SSSR count). The Hall–Kier alpha value is -2.24. The number of para-hydroxylation sites is 1. The van der Waals surface area contributed by atoms with Gasteiger partial charge in [0.05, 0.1) is 24.2 Å². The molecule has 1 heterocycles. The van der Waals surface area contributed by atoms with Crippen LogP contribution in [0.1, 0.15) is 43.5 Å². The third-order valence-electron chi connectivity index (χ3n) is 4.41. The molecule has 23 heavy (non-hydrogen) atoms. The van der Waals surface area contributed by atoms with Crippen molar-refractivity contribution in [2.24, 2.45) is 5.41 Å². The summed E-state index contributed by atoms with van der Waals surface area (Å²) in [7, 11) is 0. The van der Waals surface area contributed by atoms with Gasteiger partial charge in [0, 0.05) is 13.0 Å². The third-order valence-corrected chi connectivity index (χ3v) is 4.41. The molecule has 0 radical (unpaired) electrons. The number of ether oxygens (including phenoxy) is 2. The molecule has 1 amide bonds. The van der Waals surface area contributed by atoms with Crippen molar-refractivity contribution >= 4 is 11.9 Å². The smallest absolute Gasteiger partial charge is 0.311 e. The molecule has 0 bridgehead atoms. The minimum atomic E-state index is -0.946. The lowest BCUT2D eigenvalue weighted by atomic mass is 9.82. The van der Waals surface area contributed by atoms with Crippen molar-refractivity contribution in [2.75, 3.05) is 19.8 Å². The van der Waals surface area contributed by atoms with Crippen LogP contribution in [0.3, 0.4) is 0 Å². The van der Waals surface area contributed by atoms with Crippen LogP contribution in [0, 0.1) is 5.41 Å². The van der Waals surface area contributed by atoms with Gasteiger partial charge in [-0.05, 0) is 25.0 Å². The van der Waals surface area contributed by atoms with Gasteiger partial charge >= 0.3 is 5.97 Å². The first-order chi connectivity index (χ1) is 11.0. The van der Waals surface area contributed by atoms with Crippen LogP contribution in [0.4, 0.5) is 0 Å². The first-order valence-corrected chi connectivity index (χ1v) is 7.94. The zero-order chi connectivity index (χ0) is 16.9. The molecular formula is C17H23NO5. The highest BCUT2D eigenvalue weighted by molar-refractivity contribution is 5.98. The van der Waals surface area contributed by atoms with Gasteiger partial charge in [-0.3, -0.25) is 9.59 Å². The molecule has 0 saturated carbocycles. The van der Waals surface area contributed by atoms with E-state index in [9.17, 15) is 14.7 Å². The van der Waals surface area contributed by atoms with Crippen molar-refractivity contribution < 1.29 is 24.2 Å². The Balaban J connectivity index is 2.17. The van der Waals surface area contributed by atoms with E-state index >= 15 is 0 Å². The Labute approximate surface area is 135 Å². The Morgan fingerprint density at radius 3 is 2.57 bits per heavy atom. The van der Waals surface area contributed by atoms with E-state index in [1.54, 1.807) is 18.2 Å². The van der Waals surface area contributed by atoms with Crippen molar-refractivity contribution in [1.29, 1.82) is 0 Å². The maximum absolute atomic E-state index is 12.5. The SMILES string of the molecule is CCC(CC)(CNC(=O)c1cccc2c1OCCCO2)C(=O)O. The maximum atomic E-state index is 12.5. The Bertz CT molecular complexity index is 580. The monoisotopic (exact) mass is 321 g/mol. The van der Waals surface area contributed by atoms with Gasteiger partial charge in [-0.1, -0.05) is 19.9 Å². The molecule has 1 aromatic carbocycles. The molecule has 0 spiro atoms. The van der Waals surface area contributed by atoms with Gasteiger partial charge in [-0.2, -0.15) is 0 Å². The number of rotatable bonds is 6. The zero-order valence-electron chi connectivity index (χ0n) is 13.6. The van der Waals surface area contributed by atoms with Crippen LogP contribution < -0.4 is 14.8 Å². The second kappa shape index (κ2) is 7.35. The fraction of sp³-hybridized carbons (Fsp3) is 0.529. The third kappa shape index (κ3) is 3.57. The van der Waals surface area contributed by atoms with Gasteiger partial charge < -0.3 is 19.9 Å². The van der Waals surface area contributed by atoms with Crippen molar-refractivity contribution in [3.63, 3.8) is 0 Å². The van der Waals surface area contributed by atoms with Gasteiger partial charge in [-0.25, -0.2) is 0 Å². The molecule has 0 aromatic heterocycles. The van der Waals surface area contributed by atoms with Crippen molar-refractivity contribution in [1.82, 2.24) is 5.32 Å². The van der Waals surface area contributed by atoms with Crippen molar-refractivity contribution in [2.45, 2.75) is 33.1 Å². The lowest BCUT2D eigenvalue weighted by molar-refractivity contribution is -0.149. The van der Waals surface area contributed by atoms with Crippen LogP contribution in [0.5, 0.6) is 11.5 Å². The lowest BCUT2D eigenvalue weighted by Crippen LogP contribution is -2.42. The predicted octanol–water partition coefficient (Wildman–Crippen LogP) is 2.47. The fourth-order valence-corrected chi connectivity index (χ4v) is 2.60. The van der Waals surface area contributed by atoms with E-state index in [0.717, 1.165) is 6.42 Å². The second-order valence-corrected chi connectivity index (χ2v) is 5.66. The molecule has 0 saturated heterocycles. The Morgan fingerprint density at radius 2 is 1.91 bits per heavy atom. The molecule has 1 aromatic rings. The zero-order valence-corrected chi connectivity index (χ0v) is 13.6. The molecule has 6 heteroatoms. The highest BCUT2D eigenvalue weighted by atomic mass is 16.5. The van der Waals surface area contributed by atoms with Crippen LogP contribution in [0.15, 0.2) is 18.2 Å². The number of benzene rings is 1. The first-order valence-electron chi connectivity index (χ1n) is 7.94. The molecule has 1 aliphatic heterocycles. The van der Waals surface area contributed by atoms with Gasteiger partial charge in [0.25, 0.3) is 5.91 Å². The Kier molecular flexibility index (Phi) is 5.47. The number of amides is 1. The summed E-state index contributed by atoms with van der Waals surface area (Å²) in [5, 5.41) is 12.2. The summed E-state index contributed by atoms with van der Waals surface area (Å²) in [6.45, 7) is 4.75. The largest absolute Gasteiger partial charge is 0.490 e. The summed E-state index contributed by atoms with van der Waals surface area (Å²) < 4.78 is 11.2. The molecule has 0 fully saturated rings. The fourth-order valence-electron chi connectivity index (χ4n) is 2.60. The second-order valence-electron chi connectivity index (χ2n) is 5.66. The van der Waals surface area contributed by atoms with E-state index in [2.05, 4.69) is 5.32 Å². The molecule has 0 unspecified atom stereocenters. The van der Waals surface area contributed by atoms with Crippen LogP contribution in [0.2, 0.25) is 0 Å². The van der Waals surface area contributed by atoms with Gasteiger partial charge in [-0.15, -0.1) is 0 Å². The van der Waals surface area contributed by atoms with E-state index in [0.29, 0.717) is 43.1 Å². The molecular weight excluding hydrogens is 298 g/mol. The highest BCUT2D eigenvalue weighted by Crippen LogP contribution is 2.33. The number of carbonyl (C=O) groups is 2. The Morgan fingerprint density at radius 1 is 1.22 bits per heavy atom. The number of carboxylic acid groups (broad SMARTS) is 1. The lowest BCUT2D eigenvalue weighted by Gasteiger charge is -2.27. The molecule has 0 aliphatic carbocycles. The number of nitrogens with one attached hydrogen (secondary N) is 1. The summed E-state index contributed by atoms with van der Waals surface area (Å²) in [4.78, 5) is 24.0. The standard InChI is InChI=1S/C17H23NO5/c1-3-17(4-2,16(20)21)11-18-15(19)12-7-5-8-13-14(12)23-10-6-9-22-13/h5,7-8H,3-4,6,9-11H2,1-2H3,(H,18,19)(H,20,21). The van der Waals surface area contributed by atoms with Crippen LogP contribution >= 0.6 is 0 Å². The maximum Gasteiger partial charge on any atom is 0.311 e. The topological polar surface area (TPSA) is 84.9 Å². The normalized spacial score (nSPS) is 14.0. The minimum Gasteiger partial charge on any atom is -0.490 e. The van der Waals surface area contributed by atoms with Gasteiger partial charge in [0.2, 0.25) is 0 Å². The summed E-state index contributed by atoms with van der Waals surface area (Å²) in [5.41, 5.74) is -0.574. The first kappa shape index (κ1) is 17.1. The van der Waals surface area contributed by atoms with Gasteiger partial charge in [0.1, 0.15) is 0 Å². The number of hydrogen-bond acceptors (Lipinski definition) is 4. The molecule has 0 atom stereocenters. The average molecular weight is 321 g/mol. The van der Waals surface area contributed by atoms with E-state index in [1.807, 2.05) is 13.8 Å².